The van der Waals surface area contributed by atoms with Crippen molar-refractivity contribution in [1.82, 2.24) is 20.2 Å². The lowest BCUT2D eigenvalue weighted by atomic mass is 10.4. The summed E-state index contributed by atoms with van der Waals surface area (Å²) in [7, 11) is -2.95. The molecule has 1 unspecified atom stereocenters. The molecule has 0 amide bonds. The summed E-state index contributed by atoms with van der Waals surface area (Å²) in [6.45, 7) is -0.325. The molecule has 0 aromatic carbocycles. The zero-order chi connectivity index (χ0) is 12.5. The summed E-state index contributed by atoms with van der Waals surface area (Å²) in [5.41, 5.74) is 0. The van der Waals surface area contributed by atoms with Crippen LogP contribution in [0.2, 0.25) is 0 Å². The molecule has 0 spiro atoms. The molecule has 2 rings (SSSR count). The van der Waals surface area contributed by atoms with Gasteiger partial charge in [0, 0.05) is 5.25 Å². The van der Waals surface area contributed by atoms with Crippen molar-refractivity contribution in [2.24, 2.45) is 0 Å². The lowest BCUT2D eigenvalue weighted by Gasteiger charge is -2.05. The van der Waals surface area contributed by atoms with Crippen LogP contribution in [-0.2, 0) is 21.2 Å². The number of carboxylic acids is 1. The van der Waals surface area contributed by atoms with E-state index < -0.39 is 15.8 Å². The van der Waals surface area contributed by atoms with E-state index in [1.807, 2.05) is 0 Å². The van der Waals surface area contributed by atoms with Gasteiger partial charge in [-0.1, -0.05) is 11.8 Å². The van der Waals surface area contributed by atoms with Crippen molar-refractivity contribution in [2.45, 2.75) is 23.4 Å². The van der Waals surface area contributed by atoms with Crippen LogP contribution in [0.25, 0.3) is 0 Å². The van der Waals surface area contributed by atoms with E-state index in [-0.39, 0.29) is 23.3 Å². The number of aromatic nitrogens is 4. The Labute approximate surface area is 101 Å². The SMILES string of the molecule is O=C(O)Cn1nnnc1SC1CCS(=O)(=O)C1. The molecule has 1 aliphatic rings. The van der Waals surface area contributed by atoms with Gasteiger partial charge in [0.05, 0.1) is 11.5 Å². The predicted octanol–water partition coefficient (Wildman–Crippen LogP) is -0.963. The van der Waals surface area contributed by atoms with Gasteiger partial charge >= 0.3 is 5.97 Å². The number of rotatable bonds is 4. The molecule has 0 radical (unpaired) electrons. The highest BCUT2D eigenvalue weighted by atomic mass is 32.2. The molecule has 8 nitrogen and oxygen atoms in total. The van der Waals surface area contributed by atoms with Crippen molar-refractivity contribution in [3.8, 4) is 0 Å². The molecule has 1 N–H and O–H groups in total. The Bertz CT molecular complexity index is 526. The van der Waals surface area contributed by atoms with Crippen LogP contribution in [0.4, 0.5) is 0 Å². The maximum absolute atomic E-state index is 11.3. The van der Waals surface area contributed by atoms with Gasteiger partial charge in [-0.3, -0.25) is 4.79 Å². The molecule has 0 bridgehead atoms. The zero-order valence-electron chi connectivity index (χ0n) is 8.68. The first kappa shape index (κ1) is 12.3. The third-order valence-electron chi connectivity index (χ3n) is 2.25. The van der Waals surface area contributed by atoms with E-state index in [4.69, 9.17) is 5.11 Å². The second kappa shape index (κ2) is 4.61. The van der Waals surface area contributed by atoms with Crippen molar-refractivity contribution in [3.05, 3.63) is 0 Å². The molecule has 1 saturated heterocycles. The maximum atomic E-state index is 11.3. The predicted molar refractivity (Wildman–Crippen MR) is 58.4 cm³/mol. The molecule has 0 aliphatic carbocycles. The van der Waals surface area contributed by atoms with Crippen LogP contribution in [0.5, 0.6) is 0 Å². The molecule has 1 atom stereocenters. The van der Waals surface area contributed by atoms with E-state index in [1.54, 1.807) is 0 Å². The van der Waals surface area contributed by atoms with Crippen LogP contribution in [-0.4, -0.2) is 56.5 Å². The largest absolute Gasteiger partial charge is 0.480 e. The van der Waals surface area contributed by atoms with E-state index in [9.17, 15) is 13.2 Å². The quantitative estimate of drug-likeness (QED) is 0.748. The van der Waals surface area contributed by atoms with E-state index in [1.165, 1.54) is 11.8 Å². The van der Waals surface area contributed by atoms with E-state index in [2.05, 4.69) is 15.5 Å². The number of nitrogens with zero attached hydrogens (tertiary/aromatic N) is 4. The van der Waals surface area contributed by atoms with Gasteiger partial charge in [0.2, 0.25) is 5.16 Å². The number of hydrogen-bond donors (Lipinski definition) is 1. The van der Waals surface area contributed by atoms with Crippen LogP contribution in [0.15, 0.2) is 5.16 Å². The summed E-state index contributed by atoms with van der Waals surface area (Å²) in [5.74, 6) is -0.777. The molecule has 10 heteroatoms. The van der Waals surface area contributed by atoms with Crippen molar-refractivity contribution in [1.29, 1.82) is 0 Å². The number of hydrogen-bond acceptors (Lipinski definition) is 7. The fourth-order valence-electron chi connectivity index (χ4n) is 1.51. The Morgan fingerprint density at radius 2 is 2.35 bits per heavy atom. The lowest BCUT2D eigenvalue weighted by molar-refractivity contribution is -0.138. The number of aliphatic carboxylic acids is 1. The summed E-state index contributed by atoms with van der Waals surface area (Å²) in [4.78, 5) is 10.5. The van der Waals surface area contributed by atoms with Crippen LogP contribution >= 0.6 is 11.8 Å². The van der Waals surface area contributed by atoms with Gasteiger partial charge < -0.3 is 5.11 Å². The average Bonchev–Trinajstić information content (AvgIpc) is 2.74. The molecular formula is C7H10N4O4S2. The summed E-state index contributed by atoms with van der Waals surface area (Å²) in [6, 6.07) is 0. The molecule has 1 aromatic rings. The van der Waals surface area contributed by atoms with Gasteiger partial charge in [-0.15, -0.1) is 5.10 Å². The lowest BCUT2D eigenvalue weighted by Crippen LogP contribution is -2.13. The van der Waals surface area contributed by atoms with Crippen molar-refractivity contribution in [3.63, 3.8) is 0 Å². The Kier molecular flexibility index (Phi) is 3.33. The Hall–Kier alpha value is -1.16. The molecule has 2 heterocycles. The maximum Gasteiger partial charge on any atom is 0.325 e. The Balaban J connectivity index is 2.04. The van der Waals surface area contributed by atoms with Gasteiger partial charge in [0.25, 0.3) is 0 Å². The van der Waals surface area contributed by atoms with Crippen LogP contribution in [0.1, 0.15) is 6.42 Å². The minimum Gasteiger partial charge on any atom is -0.480 e. The van der Waals surface area contributed by atoms with E-state index >= 15 is 0 Å². The Morgan fingerprint density at radius 1 is 1.59 bits per heavy atom. The fraction of sp³-hybridized carbons (Fsp3) is 0.714. The van der Waals surface area contributed by atoms with E-state index in [0.717, 1.165) is 4.68 Å². The smallest absolute Gasteiger partial charge is 0.325 e. The van der Waals surface area contributed by atoms with Gasteiger partial charge in [-0.05, 0) is 16.8 Å². The molecule has 94 valence electrons. The number of carbonyl (C=O) groups is 1. The van der Waals surface area contributed by atoms with Gasteiger partial charge in [-0.25, -0.2) is 13.1 Å². The first-order valence-electron chi connectivity index (χ1n) is 4.81. The monoisotopic (exact) mass is 278 g/mol. The number of tetrazole rings is 1. The second-order valence-corrected chi connectivity index (χ2v) is 7.15. The third kappa shape index (κ3) is 3.16. The number of carboxylic acid groups (broad SMARTS) is 1. The average molecular weight is 278 g/mol. The first-order chi connectivity index (χ1) is 7.96. The highest BCUT2D eigenvalue weighted by Crippen LogP contribution is 2.29. The summed E-state index contributed by atoms with van der Waals surface area (Å²) < 4.78 is 23.7. The number of sulfone groups is 1. The first-order valence-corrected chi connectivity index (χ1v) is 7.51. The minimum atomic E-state index is -2.95. The minimum absolute atomic E-state index is 0.0948. The fourth-order valence-corrected chi connectivity index (χ4v) is 4.94. The highest BCUT2D eigenvalue weighted by Gasteiger charge is 2.30. The van der Waals surface area contributed by atoms with Gasteiger partial charge in [0.15, 0.2) is 9.84 Å². The summed E-state index contributed by atoms with van der Waals surface area (Å²) in [6.07, 6.45) is 0.549. The van der Waals surface area contributed by atoms with Gasteiger partial charge in [-0.2, -0.15) is 0 Å². The third-order valence-corrected chi connectivity index (χ3v) is 5.46. The van der Waals surface area contributed by atoms with Crippen molar-refractivity contribution >= 4 is 27.6 Å². The molecule has 1 fully saturated rings. The molecule has 0 saturated carbocycles. The Morgan fingerprint density at radius 3 is 2.94 bits per heavy atom. The standard InChI is InChI=1S/C7H10N4O4S2/c12-6(13)3-11-7(8-9-10-11)16-5-1-2-17(14,15)4-5/h5H,1-4H2,(H,12,13). The molecule has 1 aromatic heterocycles. The molecular weight excluding hydrogens is 268 g/mol. The van der Waals surface area contributed by atoms with E-state index in [0.29, 0.717) is 11.6 Å². The summed E-state index contributed by atoms with van der Waals surface area (Å²) >= 11 is 1.21. The van der Waals surface area contributed by atoms with Crippen LogP contribution < -0.4 is 0 Å². The second-order valence-electron chi connectivity index (χ2n) is 3.66. The van der Waals surface area contributed by atoms with Crippen molar-refractivity contribution < 1.29 is 18.3 Å². The normalized spacial score (nSPS) is 22.7. The highest BCUT2D eigenvalue weighted by molar-refractivity contribution is 8.01. The topological polar surface area (TPSA) is 115 Å². The van der Waals surface area contributed by atoms with Crippen LogP contribution in [0, 0.1) is 0 Å². The zero-order valence-corrected chi connectivity index (χ0v) is 10.3. The number of thioether (sulfide) groups is 1. The van der Waals surface area contributed by atoms with Crippen LogP contribution in [0.3, 0.4) is 0 Å². The van der Waals surface area contributed by atoms with Crippen molar-refractivity contribution in [2.75, 3.05) is 11.5 Å². The van der Waals surface area contributed by atoms with Gasteiger partial charge in [0.1, 0.15) is 6.54 Å². The molecule has 1 aliphatic heterocycles. The molecule has 17 heavy (non-hydrogen) atoms. The summed E-state index contributed by atoms with van der Waals surface area (Å²) in [5, 5.41) is 19.5.